The number of carbonyl (C=O) groups excluding carboxylic acids is 1. The molecule has 0 bridgehead atoms. The number of ether oxygens (including phenoxy) is 2. The van der Waals surface area contributed by atoms with E-state index in [2.05, 4.69) is 15.2 Å². The number of carbonyl (C=O) groups is 1. The van der Waals surface area contributed by atoms with Crippen LogP contribution in [0.1, 0.15) is 11.3 Å². The minimum Gasteiger partial charge on any atom is -0.492 e. The summed E-state index contributed by atoms with van der Waals surface area (Å²) in [7, 11) is 0. The Morgan fingerprint density at radius 3 is 3.04 bits per heavy atom. The second-order valence-electron chi connectivity index (χ2n) is 6.26. The first-order chi connectivity index (χ1) is 12.3. The molecule has 1 atom stereocenters. The van der Waals surface area contributed by atoms with Gasteiger partial charge in [-0.15, -0.1) is 11.3 Å². The van der Waals surface area contributed by atoms with Crippen molar-refractivity contribution in [1.29, 1.82) is 0 Å². The van der Waals surface area contributed by atoms with E-state index in [-0.39, 0.29) is 11.8 Å². The van der Waals surface area contributed by atoms with Crippen LogP contribution < -0.4 is 15.0 Å². The van der Waals surface area contributed by atoms with Gasteiger partial charge in [0.25, 0.3) is 0 Å². The number of thiazole rings is 1. The highest BCUT2D eigenvalue weighted by molar-refractivity contribution is 7.13. The van der Waals surface area contributed by atoms with Crippen LogP contribution in [0.3, 0.4) is 0 Å². The van der Waals surface area contributed by atoms with Gasteiger partial charge in [0.15, 0.2) is 5.13 Å². The maximum atomic E-state index is 12.4. The van der Waals surface area contributed by atoms with Crippen LogP contribution in [0, 0.1) is 5.92 Å². The Morgan fingerprint density at radius 1 is 1.32 bits per heavy atom. The first-order valence-electron chi connectivity index (χ1n) is 8.55. The Labute approximate surface area is 150 Å². The fraction of sp³-hybridized carbons (Fsp3) is 0.444. The number of benzene rings is 1. The lowest BCUT2D eigenvalue weighted by Crippen LogP contribution is -2.37. The number of fused-ring (bicyclic) bond motifs is 1. The van der Waals surface area contributed by atoms with Crippen molar-refractivity contribution in [3.63, 3.8) is 0 Å². The minimum atomic E-state index is -0.146. The van der Waals surface area contributed by atoms with Gasteiger partial charge in [-0.25, -0.2) is 4.98 Å². The van der Waals surface area contributed by atoms with Crippen molar-refractivity contribution in [2.24, 2.45) is 5.92 Å². The van der Waals surface area contributed by atoms with E-state index >= 15 is 0 Å². The molecule has 0 unspecified atom stereocenters. The van der Waals surface area contributed by atoms with Crippen molar-refractivity contribution < 1.29 is 14.3 Å². The van der Waals surface area contributed by atoms with Crippen molar-refractivity contribution in [2.45, 2.75) is 13.0 Å². The summed E-state index contributed by atoms with van der Waals surface area (Å²) in [4.78, 5) is 19.3. The summed E-state index contributed by atoms with van der Waals surface area (Å²) in [5.74, 6) is 0.767. The summed E-state index contributed by atoms with van der Waals surface area (Å²) in [5.41, 5.74) is 1.99. The minimum absolute atomic E-state index is 0.0235. The van der Waals surface area contributed by atoms with Crippen molar-refractivity contribution >= 4 is 22.4 Å². The Morgan fingerprint density at radius 2 is 2.16 bits per heavy atom. The Hall–Kier alpha value is -2.12. The highest BCUT2D eigenvalue weighted by Gasteiger charge is 2.25. The third-order valence-electron chi connectivity index (χ3n) is 4.51. The Kier molecular flexibility index (Phi) is 4.85. The summed E-state index contributed by atoms with van der Waals surface area (Å²) in [6, 6.07) is 7.90. The van der Waals surface area contributed by atoms with Gasteiger partial charge in [-0.2, -0.15) is 0 Å². The van der Waals surface area contributed by atoms with Crippen molar-refractivity contribution in [3.05, 3.63) is 40.9 Å². The molecule has 1 N–H and O–H groups in total. The largest absolute Gasteiger partial charge is 0.492 e. The van der Waals surface area contributed by atoms with Gasteiger partial charge in [0.05, 0.1) is 31.4 Å². The second kappa shape index (κ2) is 7.41. The van der Waals surface area contributed by atoms with E-state index in [1.165, 1.54) is 0 Å². The molecule has 1 amide bonds. The zero-order valence-electron chi connectivity index (χ0n) is 13.9. The number of nitrogens with one attached hydrogen (secondary N) is 1. The topological polar surface area (TPSA) is 63.7 Å². The number of aromatic nitrogens is 1. The molecule has 1 fully saturated rings. The number of nitrogens with zero attached hydrogens (tertiary/aromatic N) is 2. The number of morpholine rings is 1. The first-order valence-corrected chi connectivity index (χ1v) is 9.43. The molecular weight excluding hydrogens is 338 g/mol. The zero-order valence-corrected chi connectivity index (χ0v) is 14.8. The van der Waals surface area contributed by atoms with Crippen LogP contribution in [0.4, 0.5) is 5.13 Å². The standard InChI is InChI=1S/C18H21N3O3S/c22-17(14-9-13-3-1-2-4-16(13)24-11-14)19-10-15-12-25-18(20-15)21-5-7-23-8-6-21/h1-4,12,14H,5-11H2,(H,19,22)/t14-/m0/s1. The predicted octanol–water partition coefficient (Wildman–Crippen LogP) is 1.85. The molecule has 1 aromatic heterocycles. The van der Waals surface area contributed by atoms with Crippen LogP contribution in [0.25, 0.3) is 0 Å². The molecule has 0 saturated carbocycles. The maximum Gasteiger partial charge on any atom is 0.227 e. The molecule has 0 radical (unpaired) electrons. The number of para-hydroxylation sites is 1. The molecule has 2 aliphatic rings. The monoisotopic (exact) mass is 359 g/mol. The molecule has 132 valence electrons. The lowest BCUT2D eigenvalue weighted by molar-refractivity contribution is -0.126. The molecule has 0 aliphatic carbocycles. The molecule has 3 heterocycles. The smallest absolute Gasteiger partial charge is 0.227 e. The first kappa shape index (κ1) is 16.4. The highest BCUT2D eigenvalue weighted by atomic mass is 32.1. The Balaban J connectivity index is 1.31. The van der Waals surface area contributed by atoms with Crippen LogP contribution in [0.5, 0.6) is 5.75 Å². The average Bonchev–Trinajstić information content (AvgIpc) is 3.15. The van der Waals surface area contributed by atoms with Gasteiger partial charge < -0.3 is 19.7 Å². The molecule has 1 saturated heterocycles. The highest BCUT2D eigenvalue weighted by Crippen LogP contribution is 2.27. The summed E-state index contributed by atoms with van der Waals surface area (Å²) < 4.78 is 11.1. The van der Waals surface area contributed by atoms with E-state index in [4.69, 9.17) is 9.47 Å². The van der Waals surface area contributed by atoms with Gasteiger partial charge in [-0.05, 0) is 18.1 Å². The maximum absolute atomic E-state index is 12.4. The van der Waals surface area contributed by atoms with Crippen molar-refractivity contribution in [3.8, 4) is 5.75 Å². The number of hydrogen-bond acceptors (Lipinski definition) is 6. The zero-order chi connectivity index (χ0) is 17.1. The van der Waals surface area contributed by atoms with E-state index in [0.29, 0.717) is 13.2 Å². The van der Waals surface area contributed by atoms with E-state index < -0.39 is 0 Å². The van der Waals surface area contributed by atoms with Gasteiger partial charge in [-0.3, -0.25) is 4.79 Å². The predicted molar refractivity (Wildman–Crippen MR) is 96.1 cm³/mol. The van der Waals surface area contributed by atoms with Gasteiger partial charge in [0.1, 0.15) is 12.4 Å². The summed E-state index contributed by atoms with van der Waals surface area (Å²) in [6.07, 6.45) is 0.720. The molecule has 4 rings (SSSR count). The average molecular weight is 359 g/mol. The van der Waals surface area contributed by atoms with Gasteiger partial charge in [-0.1, -0.05) is 18.2 Å². The number of hydrogen-bond donors (Lipinski definition) is 1. The van der Waals surface area contributed by atoms with Crippen LogP contribution in [-0.4, -0.2) is 43.8 Å². The van der Waals surface area contributed by atoms with E-state index in [9.17, 15) is 4.79 Å². The summed E-state index contributed by atoms with van der Waals surface area (Å²) >= 11 is 1.62. The SMILES string of the molecule is O=C(NCc1csc(N2CCOCC2)n1)[C@@H]1COc2ccccc2C1. The summed E-state index contributed by atoms with van der Waals surface area (Å²) in [6.45, 7) is 4.12. The number of anilines is 1. The van der Waals surface area contributed by atoms with E-state index in [0.717, 1.165) is 54.9 Å². The van der Waals surface area contributed by atoms with Crippen molar-refractivity contribution in [2.75, 3.05) is 37.8 Å². The van der Waals surface area contributed by atoms with Crippen LogP contribution in [0.15, 0.2) is 29.6 Å². The third kappa shape index (κ3) is 3.77. The fourth-order valence-electron chi connectivity index (χ4n) is 3.10. The Bertz CT molecular complexity index is 743. The molecule has 2 aromatic rings. The number of rotatable bonds is 4. The third-order valence-corrected chi connectivity index (χ3v) is 5.46. The fourth-order valence-corrected chi connectivity index (χ4v) is 3.97. The van der Waals surface area contributed by atoms with Crippen LogP contribution in [0.2, 0.25) is 0 Å². The molecule has 25 heavy (non-hydrogen) atoms. The molecule has 1 aromatic carbocycles. The molecule has 7 heteroatoms. The molecule has 0 spiro atoms. The van der Waals surface area contributed by atoms with Crippen LogP contribution >= 0.6 is 11.3 Å². The quantitative estimate of drug-likeness (QED) is 0.903. The lowest BCUT2D eigenvalue weighted by atomic mass is 9.96. The normalized spacial score (nSPS) is 19.8. The summed E-state index contributed by atoms with van der Waals surface area (Å²) in [5, 5.41) is 6.01. The van der Waals surface area contributed by atoms with E-state index in [1.807, 2.05) is 29.6 Å². The van der Waals surface area contributed by atoms with E-state index in [1.54, 1.807) is 11.3 Å². The molecule has 2 aliphatic heterocycles. The molecule has 6 nitrogen and oxygen atoms in total. The van der Waals surface area contributed by atoms with Gasteiger partial charge in [0, 0.05) is 18.5 Å². The van der Waals surface area contributed by atoms with Gasteiger partial charge >= 0.3 is 0 Å². The lowest BCUT2D eigenvalue weighted by Gasteiger charge is -2.26. The van der Waals surface area contributed by atoms with Crippen LogP contribution in [-0.2, 0) is 22.5 Å². The van der Waals surface area contributed by atoms with Crippen molar-refractivity contribution in [1.82, 2.24) is 10.3 Å². The second-order valence-corrected chi connectivity index (χ2v) is 7.09. The molecular formula is C18H21N3O3S. The van der Waals surface area contributed by atoms with Gasteiger partial charge in [0.2, 0.25) is 5.91 Å². The number of amides is 1.